The molecule has 0 aliphatic heterocycles. The van der Waals surface area contributed by atoms with Crippen LogP contribution in [0.25, 0.3) is 0 Å². The van der Waals surface area contributed by atoms with Crippen LogP contribution < -0.4 is 5.32 Å². The Balaban J connectivity index is 1.34. The lowest BCUT2D eigenvalue weighted by Gasteiger charge is -2.42. The van der Waals surface area contributed by atoms with Crippen molar-refractivity contribution < 1.29 is 5.11 Å². The molecule has 3 atom stereocenters. The predicted molar refractivity (Wildman–Crippen MR) is 95.0 cm³/mol. The van der Waals surface area contributed by atoms with Crippen LogP contribution in [0.1, 0.15) is 29.2 Å². The molecule has 2 N–H and O–H groups in total. The molecule has 1 aliphatic rings. The largest absolute Gasteiger partial charge is 0.391 e. The second kappa shape index (κ2) is 6.82. The van der Waals surface area contributed by atoms with Gasteiger partial charge in [0.15, 0.2) is 0 Å². The Kier molecular flexibility index (Phi) is 4.38. The maximum Gasteiger partial charge on any atom is 0.0932 e. The number of hydrogen-bond donors (Lipinski definition) is 2. The van der Waals surface area contributed by atoms with Crippen LogP contribution in [-0.4, -0.2) is 36.8 Å². The van der Waals surface area contributed by atoms with Gasteiger partial charge in [0.05, 0.1) is 31.1 Å². The summed E-state index contributed by atoms with van der Waals surface area (Å²) >= 11 is 0. The smallest absolute Gasteiger partial charge is 0.0932 e. The van der Waals surface area contributed by atoms with Crippen LogP contribution in [0.4, 0.5) is 0 Å². The summed E-state index contributed by atoms with van der Waals surface area (Å²) in [5.74, 6) is 0. The molecule has 1 aromatic carbocycles. The average Bonchev–Trinajstić information content (AvgIpc) is 3.21. The molecule has 1 fully saturated rings. The molecule has 1 aliphatic carbocycles. The molecule has 130 valence electrons. The van der Waals surface area contributed by atoms with Gasteiger partial charge in [-0.3, -0.25) is 9.36 Å². The molecule has 6 nitrogen and oxygen atoms in total. The molecule has 2 heterocycles. The van der Waals surface area contributed by atoms with Crippen molar-refractivity contribution >= 4 is 0 Å². The van der Waals surface area contributed by atoms with Crippen molar-refractivity contribution in [3.8, 4) is 0 Å². The van der Waals surface area contributed by atoms with Gasteiger partial charge in [-0.15, -0.1) is 0 Å². The van der Waals surface area contributed by atoms with E-state index in [-0.39, 0.29) is 18.2 Å². The van der Waals surface area contributed by atoms with E-state index in [9.17, 15) is 5.11 Å². The van der Waals surface area contributed by atoms with E-state index in [0.717, 1.165) is 30.6 Å². The minimum atomic E-state index is -0.336. The highest BCUT2D eigenvalue weighted by Gasteiger charge is 2.41. The second-order valence-corrected chi connectivity index (χ2v) is 6.81. The lowest BCUT2D eigenvalue weighted by atomic mass is 9.83. The van der Waals surface area contributed by atoms with Gasteiger partial charge in [0.2, 0.25) is 0 Å². The third-order valence-corrected chi connectivity index (χ3v) is 4.78. The Morgan fingerprint density at radius 3 is 2.68 bits per heavy atom. The number of aliphatic hydroxyl groups excluding tert-OH is 1. The number of hydrogen-bond acceptors (Lipinski definition) is 4. The van der Waals surface area contributed by atoms with Crippen molar-refractivity contribution in [1.82, 2.24) is 24.9 Å². The third kappa shape index (κ3) is 3.50. The summed E-state index contributed by atoms with van der Waals surface area (Å²) in [4.78, 5) is 0. The number of aromatic nitrogens is 4. The second-order valence-electron chi connectivity index (χ2n) is 6.81. The standard InChI is InChI=1S/C19H23N5O/c1-14-8-22-24(11-14)19-17(7-18(19)25)20-9-16-10-21-23(13-16)12-15-5-3-2-4-6-15/h2-6,8,10-11,13,17-20,25H,7,9,12H2,1H3/t17-,18+,19+/m0/s1. The summed E-state index contributed by atoms with van der Waals surface area (Å²) < 4.78 is 3.83. The minimum Gasteiger partial charge on any atom is -0.391 e. The molecule has 0 saturated heterocycles. The summed E-state index contributed by atoms with van der Waals surface area (Å²) in [6, 6.07) is 10.5. The van der Waals surface area contributed by atoms with Gasteiger partial charge in [0.25, 0.3) is 0 Å². The monoisotopic (exact) mass is 337 g/mol. The number of aliphatic hydroxyl groups is 1. The van der Waals surface area contributed by atoms with Gasteiger partial charge in [-0.1, -0.05) is 30.3 Å². The van der Waals surface area contributed by atoms with Crippen molar-refractivity contribution in [3.05, 3.63) is 71.8 Å². The van der Waals surface area contributed by atoms with E-state index >= 15 is 0 Å². The van der Waals surface area contributed by atoms with Crippen LogP contribution in [0.15, 0.2) is 55.1 Å². The molecule has 0 amide bonds. The van der Waals surface area contributed by atoms with Crippen LogP contribution in [0.5, 0.6) is 0 Å². The van der Waals surface area contributed by atoms with E-state index in [1.54, 1.807) is 0 Å². The molecule has 0 unspecified atom stereocenters. The normalized spacial score (nSPS) is 22.7. The predicted octanol–water partition coefficient (Wildman–Crippen LogP) is 1.90. The Hall–Kier alpha value is -2.44. The average molecular weight is 337 g/mol. The zero-order valence-electron chi connectivity index (χ0n) is 14.3. The van der Waals surface area contributed by atoms with Crippen molar-refractivity contribution in [2.45, 2.75) is 44.6 Å². The van der Waals surface area contributed by atoms with E-state index < -0.39 is 0 Å². The van der Waals surface area contributed by atoms with Gasteiger partial charge in [-0.2, -0.15) is 10.2 Å². The third-order valence-electron chi connectivity index (χ3n) is 4.78. The van der Waals surface area contributed by atoms with Gasteiger partial charge in [0.1, 0.15) is 0 Å². The van der Waals surface area contributed by atoms with Crippen molar-refractivity contribution in [1.29, 1.82) is 0 Å². The van der Waals surface area contributed by atoms with E-state index in [2.05, 4.69) is 33.8 Å². The van der Waals surface area contributed by atoms with Crippen molar-refractivity contribution in [3.63, 3.8) is 0 Å². The van der Waals surface area contributed by atoms with Gasteiger partial charge in [-0.05, 0) is 24.5 Å². The van der Waals surface area contributed by atoms with Gasteiger partial charge in [-0.25, -0.2) is 0 Å². The van der Waals surface area contributed by atoms with E-state index in [1.807, 2.05) is 53.1 Å². The molecule has 0 bridgehead atoms. The molecule has 1 saturated carbocycles. The zero-order valence-corrected chi connectivity index (χ0v) is 14.3. The first kappa shape index (κ1) is 16.1. The fourth-order valence-electron chi connectivity index (χ4n) is 3.38. The number of nitrogens with one attached hydrogen (secondary N) is 1. The lowest BCUT2D eigenvalue weighted by Crippen LogP contribution is -2.54. The quantitative estimate of drug-likeness (QED) is 0.721. The molecule has 4 rings (SSSR count). The Morgan fingerprint density at radius 2 is 1.96 bits per heavy atom. The number of aryl methyl sites for hydroxylation is 1. The summed E-state index contributed by atoms with van der Waals surface area (Å²) in [7, 11) is 0. The van der Waals surface area contributed by atoms with Crippen LogP contribution in [-0.2, 0) is 13.1 Å². The van der Waals surface area contributed by atoms with Crippen LogP contribution >= 0.6 is 0 Å². The summed E-state index contributed by atoms with van der Waals surface area (Å²) in [5.41, 5.74) is 3.49. The van der Waals surface area contributed by atoms with Crippen molar-refractivity contribution in [2.75, 3.05) is 0 Å². The fourth-order valence-corrected chi connectivity index (χ4v) is 3.38. The molecule has 2 aromatic heterocycles. The summed E-state index contributed by atoms with van der Waals surface area (Å²) in [6.45, 7) is 3.53. The first-order valence-corrected chi connectivity index (χ1v) is 8.66. The molecule has 6 heteroatoms. The highest BCUT2D eigenvalue weighted by atomic mass is 16.3. The topological polar surface area (TPSA) is 67.9 Å². The maximum absolute atomic E-state index is 10.1. The van der Waals surface area contributed by atoms with Crippen molar-refractivity contribution in [2.24, 2.45) is 0 Å². The molecule has 0 radical (unpaired) electrons. The number of rotatable bonds is 6. The van der Waals surface area contributed by atoms with Crippen LogP contribution in [0, 0.1) is 6.92 Å². The first-order valence-electron chi connectivity index (χ1n) is 8.66. The van der Waals surface area contributed by atoms with E-state index in [0.29, 0.717) is 0 Å². The molecular weight excluding hydrogens is 314 g/mol. The molecular formula is C19H23N5O. The van der Waals surface area contributed by atoms with Gasteiger partial charge in [0, 0.05) is 30.5 Å². The van der Waals surface area contributed by atoms with Crippen LogP contribution in [0.2, 0.25) is 0 Å². The molecule has 3 aromatic rings. The lowest BCUT2D eigenvalue weighted by molar-refractivity contribution is -0.00824. The SMILES string of the molecule is Cc1cnn([C@H]2[C@H](O)C[C@@H]2NCc2cnn(Cc3ccccc3)c2)c1. The Morgan fingerprint density at radius 1 is 1.12 bits per heavy atom. The number of benzene rings is 1. The van der Waals surface area contributed by atoms with Gasteiger partial charge >= 0.3 is 0 Å². The van der Waals surface area contributed by atoms with Crippen LogP contribution in [0.3, 0.4) is 0 Å². The zero-order chi connectivity index (χ0) is 17.2. The Labute approximate surface area is 147 Å². The Bertz CT molecular complexity index is 825. The molecule has 25 heavy (non-hydrogen) atoms. The highest BCUT2D eigenvalue weighted by Crippen LogP contribution is 2.32. The number of nitrogens with zero attached hydrogens (tertiary/aromatic N) is 4. The minimum absolute atomic E-state index is 0.00747. The van der Waals surface area contributed by atoms with E-state index in [4.69, 9.17) is 0 Å². The maximum atomic E-state index is 10.1. The van der Waals surface area contributed by atoms with E-state index in [1.165, 1.54) is 5.56 Å². The fraction of sp³-hybridized carbons (Fsp3) is 0.368. The first-order chi connectivity index (χ1) is 12.2. The highest BCUT2D eigenvalue weighted by molar-refractivity contribution is 5.16. The summed E-state index contributed by atoms with van der Waals surface area (Å²) in [5, 5.41) is 22.4. The summed E-state index contributed by atoms with van der Waals surface area (Å²) in [6.07, 6.45) is 8.20. The molecule has 0 spiro atoms. The van der Waals surface area contributed by atoms with Gasteiger partial charge < -0.3 is 10.4 Å².